The maximum Gasteiger partial charge on any atom is 0.309 e. The summed E-state index contributed by atoms with van der Waals surface area (Å²) < 4.78 is 0. The van der Waals surface area contributed by atoms with Gasteiger partial charge in [0.25, 0.3) is 5.91 Å². The van der Waals surface area contributed by atoms with Crippen LogP contribution in [0.3, 0.4) is 0 Å². The van der Waals surface area contributed by atoms with Crippen LogP contribution >= 0.6 is 12.2 Å². The molecule has 1 unspecified atom stereocenters. The molecule has 0 aromatic carbocycles. The molecule has 0 aromatic rings. The van der Waals surface area contributed by atoms with E-state index >= 15 is 0 Å². The molecule has 0 aliphatic carbocycles. The Balaban J connectivity index is 2.52. The molecule has 1 aliphatic rings. The Morgan fingerprint density at radius 1 is 1.42 bits per heavy atom. The van der Waals surface area contributed by atoms with E-state index in [1.807, 2.05) is 0 Å². The van der Waals surface area contributed by atoms with Crippen molar-refractivity contribution in [3.8, 4) is 0 Å². The Bertz CT molecular complexity index is 451. The second-order valence-electron chi connectivity index (χ2n) is 4.00. The van der Waals surface area contributed by atoms with Gasteiger partial charge in [0.2, 0.25) is 5.91 Å². The van der Waals surface area contributed by atoms with Crippen molar-refractivity contribution in [1.82, 2.24) is 15.5 Å². The minimum atomic E-state index is -0.961. The lowest BCUT2D eigenvalue weighted by atomic mass is 10.0. The highest BCUT2D eigenvalue weighted by atomic mass is 32.1. The highest BCUT2D eigenvalue weighted by molar-refractivity contribution is 7.80. The van der Waals surface area contributed by atoms with Crippen LogP contribution in [0, 0.1) is 0 Å². The fourth-order valence-corrected chi connectivity index (χ4v) is 1.59. The Morgan fingerprint density at radius 2 is 2.05 bits per heavy atom. The quantitative estimate of drug-likeness (QED) is 0.303. The van der Waals surface area contributed by atoms with E-state index in [1.54, 1.807) is 0 Å². The number of likely N-dealkylation sites (N-methyl/N-ethyl adjacent to an activating group) is 1. The van der Waals surface area contributed by atoms with Crippen molar-refractivity contribution in [2.45, 2.75) is 18.9 Å². The monoisotopic (exact) mass is 286 g/mol. The first-order valence-corrected chi connectivity index (χ1v) is 5.91. The van der Waals surface area contributed by atoms with E-state index in [0.717, 1.165) is 4.90 Å². The van der Waals surface area contributed by atoms with Crippen LogP contribution in [-0.4, -0.2) is 53.2 Å². The van der Waals surface area contributed by atoms with Gasteiger partial charge in [0.1, 0.15) is 6.04 Å². The number of nitrogens with one attached hydrogen (secondary N) is 2. The third-order valence-corrected chi connectivity index (χ3v) is 2.73. The molecule has 0 aromatic heterocycles. The van der Waals surface area contributed by atoms with Gasteiger partial charge in [-0.1, -0.05) is 12.2 Å². The van der Waals surface area contributed by atoms with Crippen LogP contribution in [0.25, 0.3) is 0 Å². The highest BCUT2D eigenvalue weighted by Crippen LogP contribution is 2.11. The fraction of sp³-hybridized carbons (Fsp3) is 0.500. The molecular formula is C10H14N4O4S. The van der Waals surface area contributed by atoms with Gasteiger partial charge in [0, 0.05) is 13.5 Å². The lowest BCUT2D eigenvalue weighted by Crippen LogP contribution is -2.55. The third kappa shape index (κ3) is 3.98. The summed E-state index contributed by atoms with van der Waals surface area (Å²) in [6.45, 7) is -0.0986. The van der Waals surface area contributed by atoms with Gasteiger partial charge in [-0.3, -0.25) is 24.1 Å². The van der Waals surface area contributed by atoms with Crippen LogP contribution in [0.5, 0.6) is 0 Å². The average Bonchev–Trinajstić information content (AvgIpc) is 2.36. The number of nitrogens with two attached hydrogens (primary N) is 1. The van der Waals surface area contributed by atoms with Crippen molar-refractivity contribution in [2.24, 2.45) is 5.73 Å². The van der Waals surface area contributed by atoms with E-state index in [-0.39, 0.29) is 30.3 Å². The van der Waals surface area contributed by atoms with Gasteiger partial charge in [-0.25, -0.2) is 0 Å². The molecule has 19 heavy (non-hydrogen) atoms. The molecular weight excluding hydrogens is 272 g/mol. The summed E-state index contributed by atoms with van der Waals surface area (Å²) in [6.07, 6.45) is 0.317. The first-order chi connectivity index (χ1) is 8.82. The molecule has 1 saturated heterocycles. The summed E-state index contributed by atoms with van der Waals surface area (Å²) in [5, 5.41) is 4.46. The highest BCUT2D eigenvalue weighted by Gasteiger charge is 2.33. The van der Waals surface area contributed by atoms with Gasteiger partial charge in [-0.05, 0) is 6.42 Å². The van der Waals surface area contributed by atoms with E-state index in [0.29, 0.717) is 0 Å². The van der Waals surface area contributed by atoms with Gasteiger partial charge in [-0.15, -0.1) is 0 Å². The van der Waals surface area contributed by atoms with Crippen molar-refractivity contribution in [2.75, 3.05) is 13.6 Å². The summed E-state index contributed by atoms with van der Waals surface area (Å²) >= 11 is 4.54. The average molecular weight is 286 g/mol. The standard InChI is InChI=1S/C10H14N4O4S/c1-14-7(15)3-2-5(10(14)18)13-9(17)8(16)12-4-6(11)19/h5H,2-4H2,1H3,(H2,11,19)(H,12,16)(H,13,17). The number of piperidine rings is 1. The van der Waals surface area contributed by atoms with Crippen LogP contribution in [0.15, 0.2) is 0 Å². The molecule has 4 N–H and O–H groups in total. The zero-order chi connectivity index (χ0) is 14.6. The molecule has 1 aliphatic heterocycles. The number of likely N-dealkylation sites (tertiary alicyclic amines) is 1. The second-order valence-corrected chi connectivity index (χ2v) is 4.53. The second kappa shape index (κ2) is 6.23. The summed E-state index contributed by atoms with van der Waals surface area (Å²) in [5.74, 6) is -2.74. The summed E-state index contributed by atoms with van der Waals surface area (Å²) in [7, 11) is 1.33. The van der Waals surface area contributed by atoms with Crippen molar-refractivity contribution in [3.63, 3.8) is 0 Å². The molecule has 9 heteroatoms. The molecule has 1 heterocycles. The maximum atomic E-state index is 11.7. The lowest BCUT2D eigenvalue weighted by Gasteiger charge is -2.27. The minimum Gasteiger partial charge on any atom is -0.392 e. The van der Waals surface area contributed by atoms with Gasteiger partial charge >= 0.3 is 11.8 Å². The van der Waals surface area contributed by atoms with Gasteiger partial charge in [0.05, 0.1) is 11.5 Å². The zero-order valence-electron chi connectivity index (χ0n) is 10.3. The normalized spacial score (nSPS) is 19.0. The van der Waals surface area contributed by atoms with Crippen LogP contribution in [0.1, 0.15) is 12.8 Å². The van der Waals surface area contributed by atoms with E-state index in [4.69, 9.17) is 5.73 Å². The smallest absolute Gasteiger partial charge is 0.309 e. The SMILES string of the molecule is CN1C(=O)CCC(NC(=O)C(=O)NCC(N)=S)C1=O. The first kappa shape index (κ1) is 15.0. The number of thiocarbonyl (C=S) groups is 1. The minimum absolute atomic E-state index is 0.0419. The van der Waals surface area contributed by atoms with Crippen molar-refractivity contribution in [3.05, 3.63) is 0 Å². The van der Waals surface area contributed by atoms with Crippen LogP contribution < -0.4 is 16.4 Å². The molecule has 0 radical (unpaired) electrons. The van der Waals surface area contributed by atoms with Crippen LogP contribution in [-0.2, 0) is 19.2 Å². The van der Waals surface area contributed by atoms with Crippen molar-refractivity contribution in [1.29, 1.82) is 0 Å². The molecule has 0 spiro atoms. The van der Waals surface area contributed by atoms with Crippen LogP contribution in [0.4, 0.5) is 0 Å². The van der Waals surface area contributed by atoms with Crippen LogP contribution in [0.2, 0.25) is 0 Å². The largest absolute Gasteiger partial charge is 0.392 e. The van der Waals surface area contributed by atoms with E-state index < -0.39 is 23.8 Å². The maximum absolute atomic E-state index is 11.7. The zero-order valence-corrected chi connectivity index (χ0v) is 11.1. The number of hydrogen-bond acceptors (Lipinski definition) is 5. The molecule has 104 valence electrons. The number of carbonyl (C=O) groups excluding carboxylic acids is 4. The molecule has 1 fully saturated rings. The predicted molar refractivity (Wildman–Crippen MR) is 68.7 cm³/mol. The number of hydrogen-bond donors (Lipinski definition) is 3. The van der Waals surface area contributed by atoms with E-state index in [1.165, 1.54) is 7.05 Å². The predicted octanol–water partition coefficient (Wildman–Crippen LogP) is -2.35. The Kier molecular flexibility index (Phi) is 4.93. The number of carbonyl (C=O) groups is 4. The Hall–Kier alpha value is -2.03. The van der Waals surface area contributed by atoms with Gasteiger partial charge < -0.3 is 16.4 Å². The van der Waals surface area contributed by atoms with E-state index in [9.17, 15) is 19.2 Å². The van der Waals surface area contributed by atoms with Crippen molar-refractivity contribution >= 4 is 40.8 Å². The fourth-order valence-electron chi connectivity index (χ4n) is 1.52. The van der Waals surface area contributed by atoms with E-state index in [2.05, 4.69) is 22.9 Å². The van der Waals surface area contributed by atoms with Gasteiger partial charge in [-0.2, -0.15) is 0 Å². The number of imide groups is 1. The third-order valence-electron chi connectivity index (χ3n) is 2.58. The number of amides is 4. The van der Waals surface area contributed by atoms with Crippen molar-refractivity contribution < 1.29 is 19.2 Å². The first-order valence-electron chi connectivity index (χ1n) is 5.50. The van der Waals surface area contributed by atoms with Gasteiger partial charge in [0.15, 0.2) is 0 Å². The molecule has 0 saturated carbocycles. The summed E-state index contributed by atoms with van der Waals surface area (Å²) in [6, 6.07) is -0.870. The molecule has 1 rings (SSSR count). The molecule has 1 atom stereocenters. The topological polar surface area (TPSA) is 122 Å². The molecule has 8 nitrogen and oxygen atoms in total. The molecule has 0 bridgehead atoms. The molecule has 4 amide bonds. The number of nitrogens with zero attached hydrogens (tertiary/aromatic N) is 1. The Morgan fingerprint density at radius 3 is 2.63 bits per heavy atom. The summed E-state index contributed by atoms with van der Waals surface area (Å²) in [5.41, 5.74) is 5.17. The summed E-state index contributed by atoms with van der Waals surface area (Å²) in [4.78, 5) is 46.7. The Labute approximate surface area is 114 Å². The lowest BCUT2D eigenvalue weighted by molar-refractivity contribution is -0.150. The number of rotatable bonds is 3.